The summed E-state index contributed by atoms with van der Waals surface area (Å²) in [6, 6.07) is 12.8. The molecule has 0 aliphatic heterocycles. The number of benzene rings is 2. The van der Waals surface area contributed by atoms with Crippen LogP contribution in [0.25, 0.3) is 10.8 Å². The summed E-state index contributed by atoms with van der Waals surface area (Å²) < 4.78 is 33.7. The Hall–Kier alpha value is -2.45. The second kappa shape index (κ2) is 11.6. The largest absolute Gasteiger partial charge is 0.458 e. The second-order valence-corrected chi connectivity index (χ2v) is 10.9. The van der Waals surface area contributed by atoms with E-state index in [9.17, 15) is 18.0 Å². The highest BCUT2D eigenvalue weighted by Gasteiger charge is 2.30. The molecule has 182 valence electrons. The Morgan fingerprint density at radius 2 is 1.73 bits per heavy atom. The van der Waals surface area contributed by atoms with Gasteiger partial charge in [-0.05, 0) is 49.9 Å². The smallest absolute Gasteiger partial charge is 0.329 e. The van der Waals surface area contributed by atoms with Crippen LogP contribution in [0, 0.1) is 5.92 Å². The quantitative estimate of drug-likeness (QED) is 0.388. The molecule has 0 unspecified atom stereocenters. The fraction of sp³-hybridized carbons (Fsp3) is 0.520. The van der Waals surface area contributed by atoms with E-state index < -0.39 is 39.6 Å². The van der Waals surface area contributed by atoms with Crippen molar-refractivity contribution in [3.8, 4) is 0 Å². The molecule has 0 fully saturated rings. The van der Waals surface area contributed by atoms with Crippen LogP contribution >= 0.6 is 0 Å². The van der Waals surface area contributed by atoms with Crippen molar-refractivity contribution < 1.29 is 26.9 Å². The van der Waals surface area contributed by atoms with Crippen LogP contribution in [-0.4, -0.2) is 44.8 Å². The van der Waals surface area contributed by atoms with Crippen LogP contribution < -0.4 is 5.32 Å². The van der Waals surface area contributed by atoms with Crippen molar-refractivity contribution >= 4 is 32.8 Å². The zero-order valence-electron chi connectivity index (χ0n) is 20.1. The number of hydrogen-bond donors (Lipinski definition) is 1. The minimum absolute atomic E-state index is 0.261. The van der Waals surface area contributed by atoms with Crippen LogP contribution in [0.2, 0.25) is 0 Å². The number of nitrogens with one attached hydrogen (secondary N) is 1. The van der Waals surface area contributed by atoms with Gasteiger partial charge in [-0.15, -0.1) is 0 Å². The fourth-order valence-electron chi connectivity index (χ4n) is 3.49. The Bertz CT molecular complexity index is 1050. The lowest BCUT2D eigenvalue weighted by molar-refractivity contribution is -0.159. The Morgan fingerprint density at radius 3 is 2.36 bits per heavy atom. The van der Waals surface area contributed by atoms with Gasteiger partial charge >= 0.3 is 5.97 Å². The third kappa shape index (κ3) is 9.14. The molecule has 2 aromatic rings. The van der Waals surface area contributed by atoms with Crippen LogP contribution in [0.1, 0.15) is 52.5 Å². The SMILES string of the molecule is CCCC[C@H](NC(=O)[C@H](COS(C)(=O)=O)Cc1cccc2ccccc12)C(=O)OC(C)(C)C. The Labute approximate surface area is 197 Å². The van der Waals surface area contributed by atoms with Gasteiger partial charge in [-0.1, -0.05) is 62.2 Å². The lowest BCUT2D eigenvalue weighted by atomic mass is 9.94. The molecule has 0 spiro atoms. The zero-order chi connectivity index (χ0) is 24.6. The van der Waals surface area contributed by atoms with Gasteiger partial charge in [0.05, 0.1) is 18.8 Å². The average molecular weight is 478 g/mol. The molecule has 0 radical (unpaired) electrons. The maximum Gasteiger partial charge on any atom is 0.329 e. The Kier molecular flexibility index (Phi) is 9.43. The lowest BCUT2D eigenvalue weighted by Gasteiger charge is -2.26. The van der Waals surface area contributed by atoms with Crippen molar-refractivity contribution in [1.29, 1.82) is 0 Å². The molecule has 0 heterocycles. The zero-order valence-corrected chi connectivity index (χ0v) is 20.9. The number of carbonyl (C=O) groups is 2. The van der Waals surface area contributed by atoms with Gasteiger partial charge in [0, 0.05) is 0 Å². The highest BCUT2D eigenvalue weighted by Crippen LogP contribution is 2.22. The number of hydrogen-bond acceptors (Lipinski definition) is 6. The summed E-state index contributed by atoms with van der Waals surface area (Å²) in [7, 11) is -3.74. The number of amides is 1. The molecule has 0 aliphatic carbocycles. The second-order valence-electron chi connectivity index (χ2n) is 9.26. The molecule has 1 amide bonds. The van der Waals surface area contributed by atoms with Crippen LogP contribution in [0.4, 0.5) is 0 Å². The fourth-order valence-corrected chi connectivity index (χ4v) is 3.90. The van der Waals surface area contributed by atoms with Gasteiger partial charge in [0.15, 0.2) is 0 Å². The van der Waals surface area contributed by atoms with Gasteiger partial charge in [0.2, 0.25) is 5.91 Å². The molecule has 33 heavy (non-hydrogen) atoms. The van der Waals surface area contributed by atoms with E-state index in [0.717, 1.165) is 35.4 Å². The maximum atomic E-state index is 13.3. The molecule has 7 nitrogen and oxygen atoms in total. The molecule has 8 heteroatoms. The van der Waals surface area contributed by atoms with E-state index in [1.165, 1.54) is 0 Å². The topological polar surface area (TPSA) is 98.8 Å². The molecule has 0 aromatic heterocycles. The number of carbonyl (C=O) groups excluding carboxylic acids is 2. The number of fused-ring (bicyclic) bond motifs is 1. The highest BCUT2D eigenvalue weighted by atomic mass is 32.2. The van der Waals surface area contributed by atoms with E-state index >= 15 is 0 Å². The third-order valence-electron chi connectivity index (χ3n) is 5.05. The van der Waals surface area contributed by atoms with Gasteiger partial charge in [-0.2, -0.15) is 8.42 Å². The predicted octanol–water partition coefficient (Wildman–Crippen LogP) is 3.99. The Morgan fingerprint density at radius 1 is 1.06 bits per heavy atom. The molecule has 2 rings (SSSR count). The summed E-state index contributed by atoms with van der Waals surface area (Å²) in [6.45, 7) is 6.99. The minimum Gasteiger partial charge on any atom is -0.458 e. The summed E-state index contributed by atoms with van der Waals surface area (Å²) in [6.07, 6.45) is 3.23. The first-order valence-corrected chi connectivity index (χ1v) is 13.1. The van der Waals surface area contributed by atoms with Crippen LogP contribution in [-0.2, 0) is 35.0 Å². The third-order valence-corrected chi connectivity index (χ3v) is 5.62. The molecular formula is C25H35NO6S. The molecule has 0 saturated carbocycles. The van der Waals surface area contributed by atoms with E-state index in [4.69, 9.17) is 8.92 Å². The van der Waals surface area contributed by atoms with Gasteiger partial charge in [0.25, 0.3) is 10.1 Å². The molecular weight excluding hydrogens is 442 g/mol. The van der Waals surface area contributed by atoms with Crippen molar-refractivity contribution in [2.45, 2.75) is 65.0 Å². The summed E-state index contributed by atoms with van der Waals surface area (Å²) >= 11 is 0. The van der Waals surface area contributed by atoms with Gasteiger partial charge < -0.3 is 10.1 Å². The summed E-state index contributed by atoms with van der Waals surface area (Å²) in [5.41, 5.74) is 0.210. The lowest BCUT2D eigenvalue weighted by Crippen LogP contribution is -2.47. The standard InChI is InChI=1S/C25H35NO6S/c1-6-7-15-22(24(28)32-25(2,3)4)26-23(27)20(17-31-33(5,29)30)16-19-13-10-12-18-11-8-9-14-21(18)19/h8-14,20,22H,6-7,15-17H2,1-5H3,(H,26,27)/t20-,22-/m0/s1. The Balaban J connectivity index is 2.28. The maximum absolute atomic E-state index is 13.3. The normalized spacial score (nSPS) is 14.0. The highest BCUT2D eigenvalue weighted by molar-refractivity contribution is 7.85. The molecule has 0 bridgehead atoms. The molecule has 2 atom stereocenters. The monoisotopic (exact) mass is 477 g/mol. The van der Waals surface area contributed by atoms with E-state index in [0.29, 0.717) is 6.42 Å². The first-order valence-electron chi connectivity index (χ1n) is 11.2. The van der Waals surface area contributed by atoms with E-state index in [-0.39, 0.29) is 13.0 Å². The average Bonchev–Trinajstić information content (AvgIpc) is 2.72. The van der Waals surface area contributed by atoms with Gasteiger partial charge in [0.1, 0.15) is 11.6 Å². The number of unbranched alkanes of at least 4 members (excludes halogenated alkanes) is 1. The van der Waals surface area contributed by atoms with E-state index in [1.807, 2.05) is 49.4 Å². The molecule has 2 aromatic carbocycles. The molecule has 0 saturated heterocycles. The summed E-state index contributed by atoms with van der Waals surface area (Å²) in [5.74, 6) is -1.76. The molecule has 0 aliphatic rings. The minimum atomic E-state index is -3.74. The van der Waals surface area contributed by atoms with Crippen molar-refractivity contribution in [3.05, 3.63) is 48.0 Å². The van der Waals surface area contributed by atoms with Crippen LogP contribution in [0.5, 0.6) is 0 Å². The van der Waals surface area contributed by atoms with Crippen molar-refractivity contribution in [2.24, 2.45) is 5.92 Å². The van der Waals surface area contributed by atoms with E-state index in [1.54, 1.807) is 20.8 Å². The van der Waals surface area contributed by atoms with Crippen molar-refractivity contribution in [1.82, 2.24) is 5.32 Å². The first kappa shape index (κ1) is 26.8. The van der Waals surface area contributed by atoms with Crippen LogP contribution in [0.3, 0.4) is 0 Å². The van der Waals surface area contributed by atoms with Crippen LogP contribution in [0.15, 0.2) is 42.5 Å². The first-order chi connectivity index (χ1) is 15.4. The predicted molar refractivity (Wildman–Crippen MR) is 129 cm³/mol. The van der Waals surface area contributed by atoms with Gasteiger partial charge in [-0.25, -0.2) is 4.79 Å². The number of rotatable bonds is 11. The molecule has 1 N–H and O–H groups in total. The van der Waals surface area contributed by atoms with Crippen molar-refractivity contribution in [2.75, 3.05) is 12.9 Å². The van der Waals surface area contributed by atoms with Gasteiger partial charge in [-0.3, -0.25) is 8.98 Å². The summed E-state index contributed by atoms with van der Waals surface area (Å²) in [5, 5.41) is 4.79. The summed E-state index contributed by atoms with van der Waals surface area (Å²) in [4.78, 5) is 26.0. The van der Waals surface area contributed by atoms with Crippen molar-refractivity contribution in [3.63, 3.8) is 0 Å². The number of esters is 1. The van der Waals surface area contributed by atoms with E-state index in [2.05, 4.69) is 5.32 Å². The number of ether oxygens (including phenoxy) is 1.